The van der Waals surface area contributed by atoms with E-state index in [9.17, 15) is 0 Å². The van der Waals surface area contributed by atoms with Crippen LogP contribution in [0.4, 0.5) is 0 Å². The minimum Gasteiger partial charge on any atom is -0.222 e. The number of hydrogen-bond acceptors (Lipinski definition) is 4. The summed E-state index contributed by atoms with van der Waals surface area (Å²) >= 11 is 0. The molecule has 0 radical (unpaired) electrons. The van der Waals surface area contributed by atoms with Gasteiger partial charge in [0, 0.05) is 0 Å². The summed E-state index contributed by atoms with van der Waals surface area (Å²) in [6.07, 6.45) is 2.77. The molecule has 0 saturated heterocycles. The Morgan fingerprint density at radius 1 is 1.00 bits per heavy atom. The Hall–Kier alpha value is -2.02. The number of carbonyl (C=O) groups excluding carboxylic acids is 2. The lowest BCUT2D eigenvalue weighted by Crippen LogP contribution is -2.00. The maximum atomic E-state index is 8.35. The van der Waals surface area contributed by atoms with Crippen LogP contribution in [0.25, 0.3) is 0 Å². The fourth-order valence-corrected chi connectivity index (χ4v) is 0.534. The van der Waals surface area contributed by atoms with Crippen LogP contribution < -0.4 is 0 Å². The molecule has 0 heterocycles. The van der Waals surface area contributed by atoms with Gasteiger partial charge in [0.1, 0.15) is 0 Å². The van der Waals surface area contributed by atoms with Gasteiger partial charge in [-0.3, -0.25) is 0 Å². The van der Waals surface area contributed by atoms with Crippen LogP contribution in [-0.4, -0.2) is 12.2 Å². The maximum absolute atomic E-state index is 8.35. The average molecular weight is 264 g/mol. The summed E-state index contributed by atoms with van der Waals surface area (Å²) in [6.45, 7) is 11.0. The summed E-state index contributed by atoms with van der Waals surface area (Å²) in [5.74, 6) is 0. The van der Waals surface area contributed by atoms with Crippen LogP contribution in [0.2, 0.25) is 0 Å². The normalized spacial score (nSPS) is 7.84. The predicted octanol–water partition coefficient (Wildman–Crippen LogP) is 4.24. The highest BCUT2D eigenvalue weighted by Gasteiger charge is 2.03. The van der Waals surface area contributed by atoms with Gasteiger partial charge in [-0.15, -0.1) is 0 Å². The summed E-state index contributed by atoms with van der Waals surface area (Å²) in [6, 6.07) is 10.3. The van der Waals surface area contributed by atoms with E-state index >= 15 is 0 Å². The van der Waals surface area contributed by atoms with Gasteiger partial charge in [-0.2, -0.15) is 0 Å². The van der Waals surface area contributed by atoms with Crippen molar-refractivity contribution in [3.63, 3.8) is 0 Å². The van der Waals surface area contributed by atoms with Crippen LogP contribution in [0.3, 0.4) is 0 Å². The topological polar surface area (TPSA) is 81.8 Å². The number of isocyanates is 2. The summed E-state index contributed by atoms with van der Waals surface area (Å²) in [7, 11) is 0. The van der Waals surface area contributed by atoms with Crippen molar-refractivity contribution in [3.8, 4) is 0 Å². The van der Waals surface area contributed by atoms with E-state index in [0.717, 1.165) is 12.2 Å². The molecular formula is C15H24N2O2. The number of hydrogen-bond donors (Lipinski definition) is 2. The maximum Gasteiger partial charge on any atom is 0.231 e. The first-order chi connectivity index (χ1) is 8.78. The lowest BCUT2D eigenvalue weighted by atomic mass is 9.94. The van der Waals surface area contributed by atoms with E-state index in [1.165, 1.54) is 12.0 Å². The van der Waals surface area contributed by atoms with E-state index in [1.807, 2.05) is 18.2 Å². The average Bonchev–Trinajstić information content (AvgIpc) is 2.32. The largest absolute Gasteiger partial charge is 0.231 e. The Bertz CT molecular complexity index is 343. The van der Waals surface area contributed by atoms with Crippen molar-refractivity contribution in [2.45, 2.75) is 41.0 Å². The van der Waals surface area contributed by atoms with Crippen LogP contribution in [0.5, 0.6) is 0 Å². The van der Waals surface area contributed by atoms with Gasteiger partial charge < -0.3 is 0 Å². The van der Waals surface area contributed by atoms with Gasteiger partial charge in [0.25, 0.3) is 0 Å². The molecule has 0 aliphatic carbocycles. The van der Waals surface area contributed by atoms with Crippen molar-refractivity contribution >= 4 is 12.2 Å². The highest BCUT2D eigenvalue weighted by Crippen LogP contribution is 2.16. The summed E-state index contributed by atoms with van der Waals surface area (Å²) in [5.41, 5.74) is 1.86. The number of rotatable bonds is 0. The third-order valence-corrected chi connectivity index (χ3v) is 2.00. The van der Waals surface area contributed by atoms with Crippen LogP contribution >= 0.6 is 0 Å². The highest BCUT2D eigenvalue weighted by atomic mass is 16.1. The van der Waals surface area contributed by atoms with E-state index < -0.39 is 0 Å². The molecule has 4 heteroatoms. The molecule has 0 atom stereocenters. The fourth-order valence-electron chi connectivity index (χ4n) is 0.534. The molecule has 0 fully saturated rings. The Kier molecular flexibility index (Phi) is 18.7. The molecule has 0 bridgehead atoms. The minimum absolute atomic E-state index is 0.542. The van der Waals surface area contributed by atoms with E-state index in [1.54, 1.807) is 0 Å². The van der Waals surface area contributed by atoms with Crippen molar-refractivity contribution in [1.29, 1.82) is 10.8 Å². The Balaban J connectivity index is -0.000000195. The van der Waals surface area contributed by atoms with Gasteiger partial charge in [-0.25, -0.2) is 20.4 Å². The summed E-state index contributed by atoms with van der Waals surface area (Å²) in [5, 5.41) is 10.8. The third-order valence-electron chi connectivity index (χ3n) is 2.00. The Morgan fingerprint density at radius 3 is 1.37 bits per heavy atom. The fraction of sp³-hybridized carbons (Fsp3) is 0.467. The number of benzene rings is 1. The van der Waals surface area contributed by atoms with Crippen molar-refractivity contribution in [1.82, 2.24) is 0 Å². The van der Waals surface area contributed by atoms with Crippen molar-refractivity contribution < 1.29 is 9.59 Å². The minimum atomic E-state index is 0.542. The molecule has 0 aliphatic heterocycles. The van der Waals surface area contributed by atoms with Gasteiger partial charge in [0.05, 0.1) is 0 Å². The first-order valence-corrected chi connectivity index (χ1v) is 5.88. The first kappa shape index (κ1) is 22.2. The standard InChI is InChI=1S/C7H8.C6H14.2CHNO/c1-7-5-3-2-4-6-7;1-5-6(2,3)4;2*2-1-3/h2-6H,1H3;5H2,1-4H3;2*2H. The molecule has 19 heavy (non-hydrogen) atoms. The van der Waals surface area contributed by atoms with Crippen LogP contribution in [-0.2, 0) is 9.59 Å². The first-order valence-electron chi connectivity index (χ1n) is 5.88. The molecular weight excluding hydrogens is 240 g/mol. The van der Waals surface area contributed by atoms with Gasteiger partial charge in [-0.1, -0.05) is 70.0 Å². The second-order valence-electron chi connectivity index (χ2n) is 4.77. The Labute approximate surface area is 115 Å². The van der Waals surface area contributed by atoms with Crippen molar-refractivity contribution in [2.24, 2.45) is 5.41 Å². The third kappa shape index (κ3) is 38.7. The molecule has 0 aromatic heterocycles. The zero-order valence-corrected chi connectivity index (χ0v) is 12.4. The second-order valence-corrected chi connectivity index (χ2v) is 4.77. The van der Waals surface area contributed by atoms with Crippen LogP contribution in [0.15, 0.2) is 30.3 Å². The van der Waals surface area contributed by atoms with Gasteiger partial charge in [0.2, 0.25) is 12.2 Å². The molecule has 4 nitrogen and oxygen atoms in total. The molecule has 0 aliphatic rings. The molecule has 1 aromatic carbocycles. The van der Waals surface area contributed by atoms with E-state index in [0.29, 0.717) is 5.41 Å². The van der Waals surface area contributed by atoms with Gasteiger partial charge in [0.15, 0.2) is 0 Å². The van der Waals surface area contributed by atoms with Gasteiger partial charge in [-0.05, 0) is 12.3 Å². The lowest BCUT2D eigenvalue weighted by Gasteiger charge is -2.12. The quantitative estimate of drug-likeness (QED) is 0.542. The highest BCUT2D eigenvalue weighted by molar-refractivity contribution is 5.26. The van der Waals surface area contributed by atoms with E-state index in [-0.39, 0.29) is 0 Å². The molecule has 106 valence electrons. The zero-order valence-electron chi connectivity index (χ0n) is 12.4. The molecule has 2 N–H and O–H groups in total. The van der Waals surface area contributed by atoms with Gasteiger partial charge >= 0.3 is 0 Å². The van der Waals surface area contributed by atoms with Crippen LogP contribution in [0.1, 0.15) is 39.7 Å². The molecule has 1 rings (SSSR count). The zero-order chi connectivity index (χ0) is 15.7. The lowest BCUT2D eigenvalue weighted by molar-refractivity contribution is 0.398. The molecule has 0 saturated carbocycles. The second kappa shape index (κ2) is 16.0. The Morgan fingerprint density at radius 2 is 1.26 bits per heavy atom. The smallest absolute Gasteiger partial charge is 0.222 e. The van der Waals surface area contributed by atoms with E-state index in [2.05, 4.69) is 46.8 Å². The molecule has 0 unspecified atom stereocenters. The monoisotopic (exact) mass is 264 g/mol. The molecule has 1 aromatic rings. The summed E-state index contributed by atoms with van der Waals surface area (Å²) in [4.78, 5) is 16.7. The molecule has 0 spiro atoms. The van der Waals surface area contributed by atoms with Crippen LogP contribution in [0, 0.1) is 23.2 Å². The summed E-state index contributed by atoms with van der Waals surface area (Å²) < 4.78 is 0. The van der Waals surface area contributed by atoms with Crippen molar-refractivity contribution in [3.05, 3.63) is 35.9 Å². The number of nitrogens with one attached hydrogen (secondary N) is 2. The van der Waals surface area contributed by atoms with Crippen molar-refractivity contribution in [2.75, 3.05) is 0 Å². The van der Waals surface area contributed by atoms with E-state index in [4.69, 9.17) is 20.4 Å². The molecule has 0 amide bonds. The predicted molar refractivity (Wildman–Crippen MR) is 77.8 cm³/mol. The number of aryl methyl sites for hydroxylation is 1. The SMILES string of the molecule is CCC(C)(C)C.Cc1ccccc1.N=C=O.N=C=O.